The Morgan fingerprint density at radius 3 is 1.94 bits per heavy atom. The van der Waals surface area contributed by atoms with E-state index >= 15 is 0 Å². The standard InChI is InChI=1S/C26H29N3O5S/c1-4-33-23-13-11-21(12-14-23)20(3)27-28-26(30)19-29(22-9-7-6-8-10-22)35(31,32)25-17-15-24(16-18-25)34-5-2/h6-18H,4-5,19H2,1-3H3,(H,28,30)/b27-20-. The molecule has 0 radical (unpaired) electrons. The van der Waals surface area contributed by atoms with Gasteiger partial charge in [0, 0.05) is 0 Å². The lowest BCUT2D eigenvalue weighted by atomic mass is 10.1. The molecule has 8 nitrogen and oxygen atoms in total. The summed E-state index contributed by atoms with van der Waals surface area (Å²) in [6.45, 7) is 6.10. The van der Waals surface area contributed by atoms with E-state index in [4.69, 9.17) is 9.47 Å². The minimum atomic E-state index is -4.03. The Labute approximate surface area is 206 Å². The van der Waals surface area contributed by atoms with Gasteiger partial charge in [-0.05, 0) is 87.0 Å². The molecule has 0 saturated heterocycles. The summed E-state index contributed by atoms with van der Waals surface area (Å²) in [6.07, 6.45) is 0. The Balaban J connectivity index is 1.79. The maximum atomic E-state index is 13.4. The van der Waals surface area contributed by atoms with Gasteiger partial charge in [-0.2, -0.15) is 5.10 Å². The first-order chi connectivity index (χ1) is 16.8. The number of hydrazone groups is 1. The van der Waals surface area contributed by atoms with Gasteiger partial charge in [0.25, 0.3) is 15.9 Å². The highest BCUT2D eigenvalue weighted by molar-refractivity contribution is 7.92. The molecule has 3 aromatic carbocycles. The van der Waals surface area contributed by atoms with E-state index in [0.717, 1.165) is 15.6 Å². The number of rotatable bonds is 11. The third-order valence-electron chi connectivity index (χ3n) is 4.99. The van der Waals surface area contributed by atoms with E-state index in [1.165, 1.54) is 12.1 Å². The lowest BCUT2D eigenvalue weighted by Gasteiger charge is -2.23. The lowest BCUT2D eigenvalue weighted by Crippen LogP contribution is -2.39. The van der Waals surface area contributed by atoms with Crippen LogP contribution >= 0.6 is 0 Å². The number of hydrogen-bond donors (Lipinski definition) is 1. The number of para-hydroxylation sites is 1. The van der Waals surface area contributed by atoms with Gasteiger partial charge in [-0.3, -0.25) is 9.10 Å². The Bertz CT molecular complexity index is 1240. The highest BCUT2D eigenvalue weighted by Crippen LogP contribution is 2.25. The Morgan fingerprint density at radius 2 is 1.40 bits per heavy atom. The molecule has 9 heteroatoms. The van der Waals surface area contributed by atoms with Gasteiger partial charge in [0.05, 0.1) is 29.5 Å². The average molecular weight is 496 g/mol. The summed E-state index contributed by atoms with van der Waals surface area (Å²) in [5.74, 6) is 0.731. The molecule has 35 heavy (non-hydrogen) atoms. The molecule has 0 heterocycles. The molecule has 0 spiro atoms. The van der Waals surface area contributed by atoms with Gasteiger partial charge >= 0.3 is 0 Å². The second kappa shape index (κ2) is 12.0. The van der Waals surface area contributed by atoms with Gasteiger partial charge in [0.15, 0.2) is 0 Å². The van der Waals surface area contributed by atoms with Crippen LogP contribution in [0.25, 0.3) is 0 Å². The van der Waals surface area contributed by atoms with Crippen molar-refractivity contribution in [1.82, 2.24) is 5.43 Å². The molecule has 1 N–H and O–H groups in total. The van der Waals surface area contributed by atoms with Gasteiger partial charge < -0.3 is 9.47 Å². The maximum Gasteiger partial charge on any atom is 0.264 e. The first kappa shape index (κ1) is 25.8. The quantitative estimate of drug-likeness (QED) is 0.317. The summed E-state index contributed by atoms with van der Waals surface area (Å²) in [5, 5.41) is 4.14. The van der Waals surface area contributed by atoms with Crippen LogP contribution in [0.15, 0.2) is 88.9 Å². The van der Waals surface area contributed by atoms with Crippen LogP contribution < -0.4 is 19.2 Å². The highest BCUT2D eigenvalue weighted by atomic mass is 32.2. The number of carbonyl (C=O) groups excluding carboxylic acids is 1. The molecule has 0 aliphatic rings. The number of benzene rings is 3. The predicted octanol–water partition coefficient (Wildman–Crippen LogP) is 4.22. The molecule has 0 unspecified atom stereocenters. The van der Waals surface area contributed by atoms with Crippen LogP contribution in [0.4, 0.5) is 5.69 Å². The van der Waals surface area contributed by atoms with Crippen LogP contribution in [-0.4, -0.2) is 39.8 Å². The van der Waals surface area contributed by atoms with E-state index in [9.17, 15) is 13.2 Å². The zero-order chi connectivity index (χ0) is 25.3. The van der Waals surface area contributed by atoms with Crippen molar-refractivity contribution in [2.75, 3.05) is 24.1 Å². The smallest absolute Gasteiger partial charge is 0.264 e. The topological polar surface area (TPSA) is 97.3 Å². The summed E-state index contributed by atoms with van der Waals surface area (Å²) in [7, 11) is -4.03. The van der Waals surface area contributed by atoms with Crippen molar-refractivity contribution in [1.29, 1.82) is 0 Å². The van der Waals surface area contributed by atoms with Crippen LogP contribution in [0, 0.1) is 0 Å². The lowest BCUT2D eigenvalue weighted by molar-refractivity contribution is -0.119. The largest absolute Gasteiger partial charge is 0.494 e. The van der Waals surface area contributed by atoms with Gasteiger partial charge in [0.2, 0.25) is 0 Å². The van der Waals surface area contributed by atoms with E-state index < -0.39 is 22.5 Å². The van der Waals surface area contributed by atoms with E-state index in [0.29, 0.717) is 30.4 Å². The van der Waals surface area contributed by atoms with Crippen molar-refractivity contribution >= 4 is 27.3 Å². The molecule has 0 aliphatic carbocycles. The molecule has 1 amide bonds. The molecular formula is C26H29N3O5S. The van der Waals surface area contributed by atoms with Gasteiger partial charge in [0.1, 0.15) is 18.0 Å². The van der Waals surface area contributed by atoms with Crippen molar-refractivity contribution in [2.45, 2.75) is 25.7 Å². The van der Waals surface area contributed by atoms with E-state index in [1.54, 1.807) is 49.4 Å². The molecular weight excluding hydrogens is 466 g/mol. The first-order valence-electron chi connectivity index (χ1n) is 11.2. The van der Waals surface area contributed by atoms with Gasteiger partial charge in [-0.25, -0.2) is 13.8 Å². The number of anilines is 1. The van der Waals surface area contributed by atoms with Crippen LogP contribution in [0.3, 0.4) is 0 Å². The third-order valence-corrected chi connectivity index (χ3v) is 6.77. The Kier molecular flexibility index (Phi) is 8.86. The van der Waals surface area contributed by atoms with Crippen molar-refractivity contribution in [3.63, 3.8) is 0 Å². The van der Waals surface area contributed by atoms with Crippen molar-refractivity contribution in [3.8, 4) is 11.5 Å². The monoisotopic (exact) mass is 495 g/mol. The molecule has 0 aromatic heterocycles. The number of hydrogen-bond acceptors (Lipinski definition) is 6. The number of ether oxygens (including phenoxy) is 2. The highest BCUT2D eigenvalue weighted by Gasteiger charge is 2.27. The minimum absolute atomic E-state index is 0.0478. The van der Waals surface area contributed by atoms with Crippen molar-refractivity contribution in [2.24, 2.45) is 5.10 Å². The Morgan fingerprint density at radius 1 is 0.857 bits per heavy atom. The summed E-state index contributed by atoms with van der Waals surface area (Å²) in [4.78, 5) is 12.8. The Hall–Kier alpha value is -3.85. The second-order valence-corrected chi connectivity index (χ2v) is 9.30. The maximum absolute atomic E-state index is 13.4. The normalized spacial score (nSPS) is 11.6. The molecule has 0 atom stereocenters. The van der Waals surface area contributed by atoms with E-state index in [2.05, 4.69) is 10.5 Å². The summed E-state index contributed by atoms with van der Waals surface area (Å²) in [5.41, 5.74) is 4.20. The van der Waals surface area contributed by atoms with Crippen LogP contribution in [-0.2, 0) is 14.8 Å². The summed E-state index contributed by atoms with van der Waals surface area (Å²) < 4.78 is 38.8. The number of carbonyl (C=O) groups is 1. The van der Waals surface area contributed by atoms with Crippen molar-refractivity contribution in [3.05, 3.63) is 84.4 Å². The molecule has 3 aromatic rings. The zero-order valence-electron chi connectivity index (χ0n) is 20.0. The second-order valence-electron chi connectivity index (χ2n) is 7.44. The fourth-order valence-electron chi connectivity index (χ4n) is 3.25. The zero-order valence-corrected chi connectivity index (χ0v) is 20.8. The molecule has 184 valence electrons. The fraction of sp³-hybridized carbons (Fsp3) is 0.231. The molecule has 0 fully saturated rings. The molecule has 3 rings (SSSR count). The van der Waals surface area contributed by atoms with Crippen molar-refractivity contribution < 1.29 is 22.7 Å². The molecule has 0 saturated carbocycles. The third kappa shape index (κ3) is 6.83. The number of amides is 1. The number of nitrogens with one attached hydrogen (secondary N) is 1. The minimum Gasteiger partial charge on any atom is -0.494 e. The SMILES string of the molecule is CCOc1ccc(/C(C)=N\NC(=O)CN(c2ccccc2)S(=O)(=O)c2ccc(OCC)cc2)cc1. The molecule has 0 aliphatic heterocycles. The summed E-state index contributed by atoms with van der Waals surface area (Å²) in [6, 6.07) is 21.9. The first-order valence-corrected chi connectivity index (χ1v) is 12.7. The fourth-order valence-corrected chi connectivity index (χ4v) is 4.67. The number of nitrogens with zero attached hydrogens (tertiary/aromatic N) is 2. The van der Waals surface area contributed by atoms with Gasteiger partial charge in [-0.15, -0.1) is 0 Å². The van der Waals surface area contributed by atoms with Crippen LogP contribution in [0.5, 0.6) is 11.5 Å². The number of sulfonamides is 1. The van der Waals surface area contributed by atoms with Crippen LogP contribution in [0.2, 0.25) is 0 Å². The molecule has 0 bridgehead atoms. The predicted molar refractivity (Wildman–Crippen MR) is 137 cm³/mol. The van der Waals surface area contributed by atoms with Gasteiger partial charge in [-0.1, -0.05) is 18.2 Å². The van der Waals surface area contributed by atoms with E-state index in [-0.39, 0.29) is 4.90 Å². The van der Waals surface area contributed by atoms with Crippen LogP contribution in [0.1, 0.15) is 26.3 Å². The van der Waals surface area contributed by atoms with E-state index in [1.807, 2.05) is 38.1 Å². The average Bonchev–Trinajstić information content (AvgIpc) is 2.87. The summed E-state index contributed by atoms with van der Waals surface area (Å²) >= 11 is 0.